The maximum absolute atomic E-state index is 13.1. The molecule has 1 amide bonds. The normalized spacial score (nSPS) is 12.8. The summed E-state index contributed by atoms with van der Waals surface area (Å²) in [5.41, 5.74) is 3.00. The Kier molecular flexibility index (Phi) is 6.98. The minimum Gasteiger partial charge on any atom is -0.497 e. The number of quaternary nitrogens is 1. The first-order valence-electron chi connectivity index (χ1n) is 9.59. The third-order valence-corrected chi connectivity index (χ3v) is 4.77. The zero-order chi connectivity index (χ0) is 20.6. The van der Waals surface area contributed by atoms with E-state index in [-0.39, 0.29) is 17.8 Å². The Morgan fingerprint density at radius 3 is 2.21 bits per heavy atom. The molecule has 29 heavy (non-hydrogen) atoms. The minimum atomic E-state index is -0.255. The van der Waals surface area contributed by atoms with Crippen LogP contribution in [0.5, 0.6) is 5.75 Å². The summed E-state index contributed by atoms with van der Waals surface area (Å²) < 4.78 is 18.3. The molecule has 3 aromatic carbocycles. The molecule has 0 saturated heterocycles. The molecule has 0 aliphatic heterocycles. The van der Waals surface area contributed by atoms with Gasteiger partial charge in [-0.15, -0.1) is 0 Å². The van der Waals surface area contributed by atoms with E-state index in [0.717, 1.165) is 27.3 Å². The molecular weight excluding hydrogens is 367 g/mol. The quantitative estimate of drug-likeness (QED) is 0.618. The van der Waals surface area contributed by atoms with Crippen LogP contribution in [0.15, 0.2) is 78.9 Å². The Labute approximate surface area is 170 Å². The molecule has 2 atom stereocenters. The van der Waals surface area contributed by atoms with Gasteiger partial charge in [-0.1, -0.05) is 54.6 Å². The standard InChI is InChI=1S/C24H25FN2O2/c1-27(16-18-8-12-21(25)13-9-18)17-23(28)26-24(19-6-4-3-5-7-19)20-10-14-22(29-2)15-11-20/h3-15,24H,16-17H2,1-2H3,(H,26,28)/p+1/t24-/m0/s1. The Bertz CT molecular complexity index is 912. The van der Waals surface area contributed by atoms with Gasteiger partial charge >= 0.3 is 0 Å². The Hall–Kier alpha value is -3.18. The van der Waals surface area contributed by atoms with Gasteiger partial charge in [0.05, 0.1) is 20.2 Å². The van der Waals surface area contributed by atoms with Crippen molar-refractivity contribution in [2.75, 3.05) is 20.7 Å². The topological polar surface area (TPSA) is 42.8 Å². The molecule has 0 aliphatic rings. The lowest BCUT2D eigenvalue weighted by atomic mass is 9.98. The van der Waals surface area contributed by atoms with Crippen LogP contribution in [0.4, 0.5) is 4.39 Å². The predicted octanol–water partition coefficient (Wildman–Crippen LogP) is 2.75. The minimum absolute atomic E-state index is 0.0470. The average Bonchev–Trinajstić information content (AvgIpc) is 2.74. The highest BCUT2D eigenvalue weighted by atomic mass is 19.1. The smallest absolute Gasteiger partial charge is 0.275 e. The van der Waals surface area contributed by atoms with Gasteiger partial charge in [0.25, 0.3) is 5.91 Å². The summed E-state index contributed by atoms with van der Waals surface area (Å²) in [6, 6.07) is 23.7. The number of carbonyl (C=O) groups is 1. The van der Waals surface area contributed by atoms with Gasteiger partial charge in [-0.05, 0) is 35.4 Å². The second-order valence-electron chi connectivity index (χ2n) is 7.12. The molecule has 150 valence electrons. The van der Waals surface area contributed by atoms with Gasteiger partial charge in [0, 0.05) is 5.56 Å². The van der Waals surface area contributed by atoms with Crippen LogP contribution in [-0.4, -0.2) is 26.6 Å². The zero-order valence-electron chi connectivity index (χ0n) is 16.7. The number of likely N-dealkylation sites (N-methyl/N-ethyl adjacent to an activating group) is 1. The van der Waals surface area contributed by atoms with E-state index in [2.05, 4.69) is 5.32 Å². The number of hydrogen-bond acceptors (Lipinski definition) is 2. The average molecular weight is 393 g/mol. The molecule has 3 aromatic rings. The lowest BCUT2D eigenvalue weighted by Gasteiger charge is -2.21. The van der Waals surface area contributed by atoms with Crippen LogP contribution in [0.3, 0.4) is 0 Å². The van der Waals surface area contributed by atoms with Gasteiger partial charge in [-0.25, -0.2) is 4.39 Å². The molecule has 0 radical (unpaired) electrons. The molecule has 0 heterocycles. The number of methoxy groups -OCH3 is 1. The summed E-state index contributed by atoms with van der Waals surface area (Å²) in [5, 5.41) is 3.15. The third kappa shape index (κ3) is 5.90. The number of benzene rings is 3. The van der Waals surface area contributed by atoms with Gasteiger partial charge in [-0.2, -0.15) is 0 Å². The molecule has 5 heteroatoms. The van der Waals surface area contributed by atoms with Crippen LogP contribution in [0.1, 0.15) is 22.7 Å². The second kappa shape index (κ2) is 9.85. The van der Waals surface area contributed by atoms with Crippen molar-refractivity contribution in [1.29, 1.82) is 0 Å². The first-order chi connectivity index (χ1) is 14.0. The monoisotopic (exact) mass is 393 g/mol. The number of nitrogens with one attached hydrogen (secondary N) is 2. The summed E-state index contributed by atoms with van der Waals surface area (Å²) in [7, 11) is 3.58. The molecular formula is C24H26FN2O2+. The van der Waals surface area contributed by atoms with Crippen molar-refractivity contribution in [3.63, 3.8) is 0 Å². The van der Waals surface area contributed by atoms with Crippen LogP contribution >= 0.6 is 0 Å². The number of hydrogen-bond donors (Lipinski definition) is 2. The molecule has 2 N–H and O–H groups in total. The number of amides is 1. The van der Waals surface area contributed by atoms with Crippen molar-refractivity contribution in [3.05, 3.63) is 101 Å². The fourth-order valence-corrected chi connectivity index (χ4v) is 3.30. The molecule has 4 nitrogen and oxygen atoms in total. The summed E-state index contributed by atoms with van der Waals surface area (Å²) in [4.78, 5) is 13.8. The number of carbonyl (C=O) groups excluding carboxylic acids is 1. The SMILES string of the molecule is COc1ccc([C@@H](NC(=O)C[NH+](C)Cc2ccc(F)cc2)c2ccccc2)cc1. The van der Waals surface area contributed by atoms with Crippen molar-refractivity contribution >= 4 is 5.91 Å². The van der Waals surface area contributed by atoms with Gasteiger partial charge < -0.3 is 15.0 Å². The second-order valence-corrected chi connectivity index (χ2v) is 7.12. The van der Waals surface area contributed by atoms with E-state index in [4.69, 9.17) is 4.74 Å². The highest BCUT2D eigenvalue weighted by molar-refractivity contribution is 5.78. The molecule has 1 unspecified atom stereocenters. The first-order valence-corrected chi connectivity index (χ1v) is 9.59. The number of rotatable bonds is 8. The van der Waals surface area contributed by atoms with Gasteiger partial charge in [-0.3, -0.25) is 4.79 Å². The van der Waals surface area contributed by atoms with Gasteiger partial charge in [0.15, 0.2) is 6.54 Å². The summed E-state index contributed by atoms with van der Waals surface area (Å²) >= 11 is 0. The third-order valence-electron chi connectivity index (χ3n) is 4.77. The van der Waals surface area contributed by atoms with E-state index in [0.29, 0.717) is 13.1 Å². The maximum Gasteiger partial charge on any atom is 0.275 e. The molecule has 0 fully saturated rings. The molecule has 0 aliphatic carbocycles. The fourth-order valence-electron chi connectivity index (χ4n) is 3.30. The van der Waals surface area contributed by atoms with Gasteiger partial charge in [0.1, 0.15) is 18.1 Å². The van der Waals surface area contributed by atoms with E-state index in [1.807, 2.05) is 61.6 Å². The number of halogens is 1. The molecule has 0 aromatic heterocycles. The summed E-state index contributed by atoms with van der Waals surface area (Å²) in [6.45, 7) is 0.961. The van der Waals surface area contributed by atoms with E-state index in [1.165, 1.54) is 12.1 Å². The van der Waals surface area contributed by atoms with E-state index >= 15 is 0 Å². The van der Waals surface area contributed by atoms with E-state index in [1.54, 1.807) is 19.2 Å². The van der Waals surface area contributed by atoms with Crippen LogP contribution < -0.4 is 15.0 Å². The highest BCUT2D eigenvalue weighted by Gasteiger charge is 2.19. The Morgan fingerprint density at radius 1 is 0.966 bits per heavy atom. The van der Waals surface area contributed by atoms with Crippen molar-refractivity contribution in [2.45, 2.75) is 12.6 Å². The molecule has 0 spiro atoms. The fraction of sp³-hybridized carbons (Fsp3) is 0.208. The van der Waals surface area contributed by atoms with Crippen LogP contribution in [0, 0.1) is 5.82 Å². The van der Waals surface area contributed by atoms with Crippen molar-refractivity contribution in [2.24, 2.45) is 0 Å². The van der Waals surface area contributed by atoms with E-state index < -0.39 is 0 Å². The molecule has 0 bridgehead atoms. The van der Waals surface area contributed by atoms with Crippen molar-refractivity contribution in [3.8, 4) is 5.75 Å². The van der Waals surface area contributed by atoms with Crippen molar-refractivity contribution in [1.82, 2.24) is 5.32 Å². The lowest BCUT2D eigenvalue weighted by molar-refractivity contribution is -0.885. The number of ether oxygens (including phenoxy) is 1. The Balaban J connectivity index is 1.69. The zero-order valence-corrected chi connectivity index (χ0v) is 16.7. The van der Waals surface area contributed by atoms with E-state index in [9.17, 15) is 9.18 Å². The Morgan fingerprint density at radius 2 is 1.59 bits per heavy atom. The van der Waals surface area contributed by atoms with Gasteiger partial charge in [0.2, 0.25) is 0 Å². The van der Waals surface area contributed by atoms with Crippen LogP contribution in [0.25, 0.3) is 0 Å². The maximum atomic E-state index is 13.1. The molecule has 0 saturated carbocycles. The highest BCUT2D eigenvalue weighted by Crippen LogP contribution is 2.24. The van der Waals surface area contributed by atoms with Crippen LogP contribution in [-0.2, 0) is 11.3 Å². The molecule has 3 rings (SSSR count). The lowest BCUT2D eigenvalue weighted by Crippen LogP contribution is -3.08. The first kappa shape index (κ1) is 20.6. The van der Waals surface area contributed by atoms with Crippen LogP contribution in [0.2, 0.25) is 0 Å². The van der Waals surface area contributed by atoms with Crippen molar-refractivity contribution < 1.29 is 18.8 Å². The summed E-state index contributed by atoms with van der Waals surface area (Å²) in [6.07, 6.45) is 0. The predicted molar refractivity (Wildman–Crippen MR) is 111 cm³/mol. The summed E-state index contributed by atoms with van der Waals surface area (Å²) in [5.74, 6) is 0.471. The largest absolute Gasteiger partial charge is 0.497 e.